The molecule has 3 aromatic rings. The molecule has 2 aromatic heterocycles. The zero-order valence-corrected chi connectivity index (χ0v) is 13.6. The van der Waals surface area contributed by atoms with Crippen LogP contribution in [0.2, 0.25) is 5.02 Å². The SMILES string of the molecule is CCc1cc(C(=O)N2CCc3[nH]c4ccc(Cl)cc4c3C2)n[nH]1. The van der Waals surface area contributed by atoms with Gasteiger partial charge in [0, 0.05) is 52.4 Å². The van der Waals surface area contributed by atoms with E-state index in [1.807, 2.05) is 36.1 Å². The van der Waals surface area contributed by atoms with Crippen LogP contribution in [0.15, 0.2) is 24.3 Å². The summed E-state index contributed by atoms with van der Waals surface area (Å²) in [6.45, 7) is 3.31. The predicted molar refractivity (Wildman–Crippen MR) is 89.7 cm³/mol. The maximum Gasteiger partial charge on any atom is 0.274 e. The molecule has 1 amide bonds. The second-order valence-electron chi connectivity index (χ2n) is 5.88. The summed E-state index contributed by atoms with van der Waals surface area (Å²) < 4.78 is 0. The highest BCUT2D eigenvalue weighted by Gasteiger charge is 2.26. The summed E-state index contributed by atoms with van der Waals surface area (Å²) in [6.07, 6.45) is 1.66. The van der Waals surface area contributed by atoms with Crippen molar-refractivity contribution in [2.75, 3.05) is 6.54 Å². The van der Waals surface area contributed by atoms with Crippen LogP contribution < -0.4 is 0 Å². The molecule has 0 aliphatic carbocycles. The molecule has 118 valence electrons. The minimum Gasteiger partial charge on any atom is -0.358 e. The molecule has 3 heterocycles. The van der Waals surface area contributed by atoms with E-state index in [0.29, 0.717) is 23.8 Å². The number of carbonyl (C=O) groups excluding carboxylic acids is 1. The normalized spacial score (nSPS) is 14.3. The molecule has 0 fully saturated rings. The van der Waals surface area contributed by atoms with E-state index in [9.17, 15) is 4.79 Å². The molecule has 23 heavy (non-hydrogen) atoms. The van der Waals surface area contributed by atoms with Crippen LogP contribution in [0.25, 0.3) is 10.9 Å². The lowest BCUT2D eigenvalue weighted by atomic mass is 10.0. The van der Waals surface area contributed by atoms with E-state index in [0.717, 1.165) is 35.0 Å². The van der Waals surface area contributed by atoms with Gasteiger partial charge in [-0.2, -0.15) is 5.10 Å². The van der Waals surface area contributed by atoms with Crippen molar-refractivity contribution < 1.29 is 4.79 Å². The van der Waals surface area contributed by atoms with Crippen molar-refractivity contribution >= 4 is 28.4 Å². The number of aromatic nitrogens is 3. The summed E-state index contributed by atoms with van der Waals surface area (Å²) in [5.41, 5.74) is 4.89. The third-order valence-corrected chi connectivity index (χ3v) is 4.69. The molecule has 1 aromatic carbocycles. The van der Waals surface area contributed by atoms with Gasteiger partial charge >= 0.3 is 0 Å². The van der Waals surface area contributed by atoms with Crippen LogP contribution in [0.3, 0.4) is 0 Å². The first-order chi connectivity index (χ1) is 11.2. The van der Waals surface area contributed by atoms with Gasteiger partial charge in [-0.25, -0.2) is 0 Å². The van der Waals surface area contributed by atoms with Crippen LogP contribution in [0.5, 0.6) is 0 Å². The Labute approximate surface area is 138 Å². The van der Waals surface area contributed by atoms with Crippen molar-refractivity contribution in [2.45, 2.75) is 26.3 Å². The van der Waals surface area contributed by atoms with E-state index in [2.05, 4.69) is 15.2 Å². The Bertz CT molecular complexity index is 895. The van der Waals surface area contributed by atoms with Crippen LogP contribution in [-0.4, -0.2) is 32.5 Å². The summed E-state index contributed by atoms with van der Waals surface area (Å²) >= 11 is 6.12. The van der Waals surface area contributed by atoms with E-state index < -0.39 is 0 Å². The molecule has 0 atom stereocenters. The summed E-state index contributed by atoms with van der Waals surface area (Å²) in [6, 6.07) is 7.67. The van der Waals surface area contributed by atoms with Crippen LogP contribution in [0.4, 0.5) is 0 Å². The zero-order valence-electron chi connectivity index (χ0n) is 12.8. The minimum absolute atomic E-state index is 0.0250. The molecule has 0 radical (unpaired) electrons. The third-order valence-electron chi connectivity index (χ3n) is 4.46. The third kappa shape index (κ3) is 2.41. The standard InChI is InChI=1S/C17H17ClN4O/c1-2-11-8-16(21-20-11)17(23)22-6-5-15-13(9-22)12-7-10(18)3-4-14(12)19-15/h3-4,7-8,19H,2,5-6,9H2,1H3,(H,20,21). The van der Waals surface area contributed by atoms with Crippen molar-refractivity contribution in [1.82, 2.24) is 20.1 Å². The van der Waals surface area contributed by atoms with Crippen LogP contribution >= 0.6 is 11.6 Å². The Morgan fingerprint density at radius 2 is 2.26 bits per heavy atom. The molecule has 5 nitrogen and oxygen atoms in total. The van der Waals surface area contributed by atoms with E-state index in [1.165, 1.54) is 5.69 Å². The fourth-order valence-electron chi connectivity index (χ4n) is 3.17. The highest BCUT2D eigenvalue weighted by atomic mass is 35.5. The molecule has 6 heteroatoms. The molecular weight excluding hydrogens is 312 g/mol. The van der Waals surface area contributed by atoms with E-state index in [1.54, 1.807) is 0 Å². The summed E-state index contributed by atoms with van der Waals surface area (Å²) in [7, 11) is 0. The van der Waals surface area contributed by atoms with Crippen molar-refractivity contribution in [1.29, 1.82) is 0 Å². The van der Waals surface area contributed by atoms with Crippen LogP contribution in [-0.2, 0) is 19.4 Å². The quantitative estimate of drug-likeness (QED) is 0.758. The Morgan fingerprint density at radius 3 is 3.04 bits per heavy atom. The van der Waals surface area contributed by atoms with Gasteiger partial charge in [0.05, 0.1) is 0 Å². The summed E-state index contributed by atoms with van der Waals surface area (Å²) in [4.78, 5) is 18.0. The average Bonchev–Trinajstić information content (AvgIpc) is 3.18. The topological polar surface area (TPSA) is 64.8 Å². The van der Waals surface area contributed by atoms with Gasteiger partial charge in [-0.05, 0) is 30.7 Å². The van der Waals surface area contributed by atoms with E-state index >= 15 is 0 Å². The first-order valence-electron chi connectivity index (χ1n) is 7.78. The highest BCUT2D eigenvalue weighted by molar-refractivity contribution is 6.31. The number of carbonyl (C=O) groups is 1. The molecule has 1 aliphatic rings. The molecule has 0 unspecified atom stereocenters. The molecule has 0 saturated heterocycles. The van der Waals surface area contributed by atoms with Crippen LogP contribution in [0.1, 0.15) is 34.4 Å². The molecule has 0 saturated carbocycles. The number of benzene rings is 1. The van der Waals surface area contributed by atoms with Gasteiger partial charge in [-0.1, -0.05) is 18.5 Å². The van der Waals surface area contributed by atoms with Gasteiger partial charge in [0.15, 0.2) is 0 Å². The van der Waals surface area contributed by atoms with E-state index in [-0.39, 0.29) is 5.91 Å². The fourth-order valence-corrected chi connectivity index (χ4v) is 3.35. The van der Waals surface area contributed by atoms with Gasteiger partial charge in [0.1, 0.15) is 5.69 Å². The summed E-state index contributed by atoms with van der Waals surface area (Å²) in [5, 5.41) is 8.85. The zero-order chi connectivity index (χ0) is 16.0. The molecule has 1 aliphatic heterocycles. The smallest absolute Gasteiger partial charge is 0.274 e. The lowest BCUT2D eigenvalue weighted by Gasteiger charge is -2.26. The Balaban J connectivity index is 1.66. The van der Waals surface area contributed by atoms with Gasteiger partial charge in [0.2, 0.25) is 0 Å². The number of hydrogen-bond donors (Lipinski definition) is 2. The Morgan fingerprint density at radius 1 is 1.39 bits per heavy atom. The lowest BCUT2D eigenvalue weighted by molar-refractivity contribution is 0.0729. The molecular formula is C17H17ClN4O. The largest absolute Gasteiger partial charge is 0.358 e. The number of nitrogens with zero attached hydrogens (tertiary/aromatic N) is 2. The maximum absolute atomic E-state index is 12.7. The number of aryl methyl sites for hydroxylation is 1. The van der Waals surface area contributed by atoms with Gasteiger partial charge in [-0.3, -0.25) is 9.89 Å². The van der Waals surface area contributed by atoms with Crippen molar-refractivity contribution in [2.24, 2.45) is 0 Å². The molecule has 0 spiro atoms. The Kier molecular flexibility index (Phi) is 3.38. The first-order valence-corrected chi connectivity index (χ1v) is 8.16. The monoisotopic (exact) mass is 328 g/mol. The fraction of sp³-hybridized carbons (Fsp3) is 0.294. The predicted octanol–water partition coefficient (Wildman–Crippen LogP) is 3.31. The maximum atomic E-state index is 12.7. The number of amides is 1. The average molecular weight is 329 g/mol. The number of nitrogens with one attached hydrogen (secondary N) is 2. The van der Waals surface area contributed by atoms with Crippen molar-refractivity contribution in [3.8, 4) is 0 Å². The van der Waals surface area contributed by atoms with Crippen molar-refractivity contribution in [3.05, 3.63) is 51.9 Å². The number of fused-ring (bicyclic) bond motifs is 3. The second-order valence-corrected chi connectivity index (χ2v) is 6.32. The lowest BCUT2D eigenvalue weighted by Crippen LogP contribution is -2.36. The van der Waals surface area contributed by atoms with E-state index in [4.69, 9.17) is 11.6 Å². The first kappa shape index (κ1) is 14.3. The van der Waals surface area contributed by atoms with Gasteiger partial charge < -0.3 is 9.88 Å². The number of aromatic amines is 2. The summed E-state index contributed by atoms with van der Waals surface area (Å²) in [5.74, 6) is -0.0250. The number of halogens is 1. The highest BCUT2D eigenvalue weighted by Crippen LogP contribution is 2.30. The molecule has 2 N–H and O–H groups in total. The van der Waals surface area contributed by atoms with Gasteiger partial charge in [-0.15, -0.1) is 0 Å². The number of rotatable bonds is 2. The second kappa shape index (κ2) is 5.42. The van der Waals surface area contributed by atoms with Crippen molar-refractivity contribution in [3.63, 3.8) is 0 Å². The van der Waals surface area contributed by atoms with Crippen LogP contribution in [0, 0.1) is 0 Å². The molecule has 4 rings (SSSR count). The Hall–Kier alpha value is -2.27. The van der Waals surface area contributed by atoms with Gasteiger partial charge in [0.25, 0.3) is 5.91 Å². The molecule has 0 bridgehead atoms. The minimum atomic E-state index is -0.0250. The number of H-pyrrole nitrogens is 2. The number of hydrogen-bond acceptors (Lipinski definition) is 2.